The maximum absolute atomic E-state index is 14.0. The highest BCUT2D eigenvalue weighted by Crippen LogP contribution is 2.27. The zero-order valence-electron chi connectivity index (χ0n) is 14.8. The van der Waals surface area contributed by atoms with Gasteiger partial charge in [0.05, 0.1) is 10.4 Å². The lowest BCUT2D eigenvalue weighted by molar-refractivity contribution is -0.384. The minimum Gasteiger partial charge on any atom is -0.350 e. The predicted octanol–water partition coefficient (Wildman–Crippen LogP) is 5.27. The van der Waals surface area contributed by atoms with Gasteiger partial charge in [-0.3, -0.25) is 14.9 Å². The number of aromatic nitrogens is 1. The molecule has 0 fully saturated rings. The Morgan fingerprint density at radius 2 is 1.83 bits per heavy atom. The number of nitrogens with zero attached hydrogens (tertiary/aromatic N) is 1. The number of rotatable bonds is 4. The van der Waals surface area contributed by atoms with Crippen molar-refractivity contribution in [3.63, 3.8) is 0 Å². The lowest BCUT2D eigenvalue weighted by Crippen LogP contribution is -2.12. The fourth-order valence-corrected chi connectivity index (χ4v) is 3.04. The van der Waals surface area contributed by atoms with Crippen LogP contribution >= 0.6 is 0 Å². The minimum atomic E-state index is -0.703. The maximum atomic E-state index is 14.0. The summed E-state index contributed by atoms with van der Waals surface area (Å²) in [6, 6.07) is 15.6. The van der Waals surface area contributed by atoms with Gasteiger partial charge in [-0.15, -0.1) is 0 Å². The molecule has 0 spiro atoms. The van der Waals surface area contributed by atoms with Crippen molar-refractivity contribution >= 4 is 28.2 Å². The molecule has 0 bridgehead atoms. The number of aromatic amines is 1. The number of nitrogens with one attached hydrogen (secondary N) is 2. The lowest BCUT2D eigenvalue weighted by Gasteiger charge is -2.08. The molecule has 4 rings (SSSR count). The number of nitro groups is 1. The molecular weight excluding hydrogens is 380 g/mol. The van der Waals surface area contributed by atoms with Crippen LogP contribution in [0.25, 0.3) is 22.0 Å². The Hall–Kier alpha value is -4.07. The number of carbonyl (C=O) groups excluding carboxylic acids is 1. The zero-order chi connectivity index (χ0) is 20.5. The van der Waals surface area contributed by atoms with Crippen molar-refractivity contribution in [1.82, 2.24) is 4.98 Å². The second-order valence-electron chi connectivity index (χ2n) is 6.37. The summed E-state index contributed by atoms with van der Waals surface area (Å²) in [7, 11) is 0. The normalized spacial score (nSPS) is 10.8. The number of benzene rings is 3. The molecule has 29 heavy (non-hydrogen) atoms. The van der Waals surface area contributed by atoms with Gasteiger partial charge < -0.3 is 10.3 Å². The third kappa shape index (κ3) is 3.68. The van der Waals surface area contributed by atoms with E-state index >= 15 is 0 Å². The molecule has 1 aromatic heterocycles. The van der Waals surface area contributed by atoms with Gasteiger partial charge in [0.2, 0.25) is 0 Å². The van der Waals surface area contributed by atoms with E-state index in [1.54, 1.807) is 36.4 Å². The number of halogens is 2. The van der Waals surface area contributed by atoms with Crippen molar-refractivity contribution in [2.75, 3.05) is 5.32 Å². The van der Waals surface area contributed by atoms with Crippen LogP contribution in [0.5, 0.6) is 0 Å². The van der Waals surface area contributed by atoms with Crippen LogP contribution in [0.1, 0.15) is 10.5 Å². The van der Waals surface area contributed by atoms with Gasteiger partial charge >= 0.3 is 0 Å². The van der Waals surface area contributed by atoms with Crippen LogP contribution in [0.15, 0.2) is 66.7 Å². The first kappa shape index (κ1) is 18.3. The van der Waals surface area contributed by atoms with Gasteiger partial charge in [-0.25, -0.2) is 8.78 Å². The van der Waals surface area contributed by atoms with Gasteiger partial charge in [0, 0.05) is 34.8 Å². The highest BCUT2D eigenvalue weighted by molar-refractivity contribution is 6.06. The van der Waals surface area contributed by atoms with E-state index in [1.807, 2.05) is 0 Å². The fraction of sp³-hybridized carbons (Fsp3) is 0. The number of carbonyl (C=O) groups is 1. The van der Waals surface area contributed by atoms with Crippen LogP contribution in [0, 0.1) is 21.7 Å². The van der Waals surface area contributed by atoms with E-state index in [9.17, 15) is 23.7 Å². The van der Waals surface area contributed by atoms with Crippen molar-refractivity contribution in [2.24, 2.45) is 0 Å². The Labute approximate surface area is 162 Å². The smallest absolute Gasteiger partial charge is 0.272 e. The number of anilines is 1. The Kier molecular flexibility index (Phi) is 4.52. The molecule has 1 heterocycles. The summed E-state index contributed by atoms with van der Waals surface area (Å²) in [5.41, 5.74) is 1.71. The predicted molar refractivity (Wildman–Crippen MR) is 105 cm³/mol. The van der Waals surface area contributed by atoms with E-state index in [2.05, 4.69) is 10.3 Å². The average molecular weight is 393 g/mol. The molecule has 0 aliphatic rings. The van der Waals surface area contributed by atoms with Gasteiger partial charge in [0.25, 0.3) is 11.6 Å². The van der Waals surface area contributed by atoms with Crippen LogP contribution in [-0.2, 0) is 0 Å². The molecule has 144 valence electrons. The summed E-state index contributed by atoms with van der Waals surface area (Å²) in [5, 5.41) is 14.2. The van der Waals surface area contributed by atoms with E-state index in [-0.39, 0.29) is 16.9 Å². The molecule has 0 saturated heterocycles. The summed E-state index contributed by atoms with van der Waals surface area (Å²) in [6.07, 6.45) is 0. The standard InChI is InChI=1S/C21H13F2N3O3/c22-14-5-7-17(18(23)10-14)12-2-1-3-15(8-12)24-21(27)20-9-13-4-6-16(26(28)29)11-19(13)25-20/h1-11,25H,(H,24,27). The van der Waals surface area contributed by atoms with E-state index in [0.29, 0.717) is 22.2 Å². The Morgan fingerprint density at radius 1 is 1.00 bits per heavy atom. The Balaban J connectivity index is 1.60. The zero-order valence-corrected chi connectivity index (χ0v) is 14.8. The fourth-order valence-electron chi connectivity index (χ4n) is 3.04. The van der Waals surface area contributed by atoms with E-state index < -0.39 is 22.5 Å². The molecule has 0 aliphatic carbocycles. The Morgan fingerprint density at radius 3 is 2.59 bits per heavy atom. The molecule has 2 N–H and O–H groups in total. The second kappa shape index (κ2) is 7.16. The van der Waals surface area contributed by atoms with Crippen LogP contribution in [0.4, 0.5) is 20.2 Å². The molecule has 0 atom stereocenters. The average Bonchev–Trinajstić information content (AvgIpc) is 3.11. The van der Waals surface area contributed by atoms with Crippen molar-refractivity contribution in [3.05, 3.63) is 94.2 Å². The first-order valence-corrected chi connectivity index (χ1v) is 8.55. The van der Waals surface area contributed by atoms with Gasteiger partial charge in [-0.2, -0.15) is 0 Å². The van der Waals surface area contributed by atoms with Crippen LogP contribution in [-0.4, -0.2) is 15.8 Å². The summed E-state index contributed by atoms with van der Waals surface area (Å²) in [5.74, 6) is -1.83. The third-order valence-electron chi connectivity index (χ3n) is 4.42. The number of non-ortho nitro benzene ring substituents is 1. The molecule has 8 heteroatoms. The first-order valence-electron chi connectivity index (χ1n) is 8.55. The van der Waals surface area contributed by atoms with Crippen molar-refractivity contribution in [1.29, 1.82) is 0 Å². The van der Waals surface area contributed by atoms with Crippen LogP contribution in [0.3, 0.4) is 0 Å². The van der Waals surface area contributed by atoms with Gasteiger partial charge in [0.15, 0.2) is 0 Å². The summed E-state index contributed by atoms with van der Waals surface area (Å²) in [4.78, 5) is 25.8. The molecule has 0 radical (unpaired) electrons. The van der Waals surface area contributed by atoms with E-state index in [1.165, 1.54) is 18.2 Å². The summed E-state index contributed by atoms with van der Waals surface area (Å²) < 4.78 is 27.1. The molecule has 3 aromatic carbocycles. The van der Waals surface area contributed by atoms with Gasteiger partial charge in [-0.05, 0) is 42.0 Å². The topological polar surface area (TPSA) is 88.0 Å². The number of hydrogen-bond donors (Lipinski definition) is 2. The van der Waals surface area contributed by atoms with Crippen LogP contribution in [0.2, 0.25) is 0 Å². The first-order chi connectivity index (χ1) is 13.9. The molecule has 4 aromatic rings. The lowest BCUT2D eigenvalue weighted by atomic mass is 10.0. The highest BCUT2D eigenvalue weighted by atomic mass is 19.1. The monoisotopic (exact) mass is 393 g/mol. The number of hydrogen-bond acceptors (Lipinski definition) is 3. The van der Waals surface area contributed by atoms with Crippen molar-refractivity contribution in [2.45, 2.75) is 0 Å². The largest absolute Gasteiger partial charge is 0.350 e. The molecular formula is C21H13F2N3O3. The summed E-state index contributed by atoms with van der Waals surface area (Å²) in [6.45, 7) is 0. The Bertz CT molecular complexity index is 1270. The van der Waals surface area contributed by atoms with Crippen molar-refractivity contribution < 1.29 is 18.5 Å². The maximum Gasteiger partial charge on any atom is 0.272 e. The molecule has 0 aliphatic heterocycles. The number of fused-ring (bicyclic) bond motifs is 1. The quantitative estimate of drug-likeness (QED) is 0.366. The second-order valence-corrected chi connectivity index (χ2v) is 6.37. The highest BCUT2D eigenvalue weighted by Gasteiger charge is 2.14. The number of amides is 1. The summed E-state index contributed by atoms with van der Waals surface area (Å²) >= 11 is 0. The van der Waals surface area contributed by atoms with Gasteiger partial charge in [-0.1, -0.05) is 12.1 Å². The number of H-pyrrole nitrogens is 1. The molecule has 6 nitrogen and oxygen atoms in total. The van der Waals surface area contributed by atoms with Gasteiger partial charge in [0.1, 0.15) is 17.3 Å². The number of nitro benzene ring substituents is 1. The van der Waals surface area contributed by atoms with E-state index in [0.717, 1.165) is 12.1 Å². The van der Waals surface area contributed by atoms with Crippen molar-refractivity contribution in [3.8, 4) is 11.1 Å². The minimum absolute atomic E-state index is 0.0830. The van der Waals surface area contributed by atoms with E-state index in [4.69, 9.17) is 0 Å². The van der Waals surface area contributed by atoms with Crippen LogP contribution < -0.4 is 5.32 Å². The SMILES string of the molecule is O=C(Nc1cccc(-c2ccc(F)cc2F)c1)c1cc2ccc([N+](=O)[O-])cc2[nH]1. The molecule has 0 unspecified atom stereocenters. The molecule has 0 saturated carbocycles. The third-order valence-corrected chi connectivity index (χ3v) is 4.42. The molecule has 1 amide bonds.